The third kappa shape index (κ3) is 4.61. The van der Waals surface area contributed by atoms with Crippen LogP contribution >= 0.6 is 0 Å². The van der Waals surface area contributed by atoms with E-state index in [1.54, 1.807) is 12.1 Å². The molecular weight excluding hydrogens is 383 g/mol. The Morgan fingerprint density at radius 2 is 1.86 bits per heavy atom. The fourth-order valence-electron chi connectivity index (χ4n) is 2.42. The maximum absolute atomic E-state index is 12.7. The van der Waals surface area contributed by atoms with E-state index in [1.165, 1.54) is 6.07 Å². The van der Waals surface area contributed by atoms with Crippen LogP contribution in [0.1, 0.15) is 12.0 Å². The normalized spacial score (nSPS) is 12.5. The number of alkyl halides is 3. The lowest BCUT2D eigenvalue weighted by Crippen LogP contribution is -2.35. The Labute approximate surface area is 155 Å². The van der Waals surface area contributed by atoms with Crippen LogP contribution in [0.5, 0.6) is 11.5 Å². The highest BCUT2D eigenvalue weighted by atomic mass is 19.4. The number of aryl methyl sites for hydroxylation is 1. The van der Waals surface area contributed by atoms with Crippen LogP contribution in [-0.4, -0.2) is 23.3 Å². The van der Waals surface area contributed by atoms with Crippen molar-refractivity contribution in [3.63, 3.8) is 0 Å². The molecule has 8 nitrogen and oxygen atoms in total. The second-order valence-corrected chi connectivity index (χ2v) is 5.77. The zero-order chi connectivity index (χ0) is 20.3. The lowest BCUT2D eigenvalue weighted by Gasteiger charge is -2.11. The summed E-state index contributed by atoms with van der Waals surface area (Å²) in [5.41, 5.74) is -1.35. The molecule has 3 rings (SSSR count). The van der Waals surface area contributed by atoms with E-state index in [0.29, 0.717) is 29.4 Å². The summed E-state index contributed by atoms with van der Waals surface area (Å²) in [4.78, 5) is 35.3. The smallest absolute Gasteiger partial charge is 0.417 e. The van der Waals surface area contributed by atoms with Crippen molar-refractivity contribution in [1.82, 2.24) is 9.88 Å². The Balaban J connectivity index is 1.54. The molecule has 11 heteroatoms. The highest BCUT2D eigenvalue weighted by molar-refractivity contribution is 6.01. The molecule has 1 aromatic heterocycles. The average molecular weight is 397 g/mol. The predicted molar refractivity (Wildman–Crippen MR) is 90.0 cm³/mol. The summed E-state index contributed by atoms with van der Waals surface area (Å²) in [6.07, 6.45) is -4.35. The number of hydrogen-bond donors (Lipinski definition) is 2. The molecule has 0 atom stereocenters. The van der Waals surface area contributed by atoms with Crippen LogP contribution in [0, 0.1) is 0 Å². The van der Waals surface area contributed by atoms with E-state index in [1.807, 2.05) is 5.32 Å². The number of benzene rings is 1. The first kappa shape index (κ1) is 19.3. The van der Waals surface area contributed by atoms with Gasteiger partial charge in [0.2, 0.25) is 12.7 Å². The second kappa shape index (κ2) is 7.62. The van der Waals surface area contributed by atoms with Gasteiger partial charge in [0.05, 0.1) is 5.56 Å². The molecule has 0 unspecified atom stereocenters. The number of urea groups is 1. The number of ether oxygens (including phenoxy) is 2. The summed E-state index contributed by atoms with van der Waals surface area (Å²) in [6, 6.07) is 5.24. The zero-order valence-corrected chi connectivity index (χ0v) is 14.2. The van der Waals surface area contributed by atoms with Gasteiger partial charge in [-0.15, -0.1) is 0 Å². The number of fused-ring (bicyclic) bond motifs is 1. The van der Waals surface area contributed by atoms with Crippen LogP contribution in [0.2, 0.25) is 0 Å². The van der Waals surface area contributed by atoms with E-state index in [-0.39, 0.29) is 19.8 Å². The molecule has 2 aromatic rings. The SMILES string of the molecule is O=C(CCn1cc(C(F)(F)F)ccc1=O)NC(=O)Nc1ccc2c(c1)OCO2. The Morgan fingerprint density at radius 3 is 2.61 bits per heavy atom. The van der Waals surface area contributed by atoms with Crippen LogP contribution in [-0.2, 0) is 17.5 Å². The molecule has 1 aromatic carbocycles. The number of hydrogen-bond acceptors (Lipinski definition) is 5. The maximum Gasteiger partial charge on any atom is 0.417 e. The molecule has 0 aliphatic carbocycles. The summed E-state index contributed by atoms with van der Waals surface area (Å²) in [5.74, 6) is 0.198. The van der Waals surface area contributed by atoms with E-state index < -0.39 is 29.2 Å². The van der Waals surface area contributed by atoms with E-state index in [2.05, 4.69) is 5.32 Å². The molecule has 2 N–H and O–H groups in total. The number of rotatable bonds is 4. The monoisotopic (exact) mass is 397 g/mol. The summed E-state index contributed by atoms with van der Waals surface area (Å²) in [7, 11) is 0. The maximum atomic E-state index is 12.7. The molecule has 28 heavy (non-hydrogen) atoms. The van der Waals surface area contributed by atoms with Crippen molar-refractivity contribution < 1.29 is 32.2 Å². The number of pyridine rings is 1. The van der Waals surface area contributed by atoms with Crippen LogP contribution < -0.4 is 25.7 Å². The van der Waals surface area contributed by atoms with Gasteiger partial charge in [0.15, 0.2) is 11.5 Å². The van der Waals surface area contributed by atoms with Gasteiger partial charge in [0.1, 0.15) is 0 Å². The highest BCUT2D eigenvalue weighted by Crippen LogP contribution is 2.34. The molecule has 1 aliphatic rings. The number of nitrogens with zero attached hydrogens (tertiary/aromatic N) is 1. The molecule has 0 saturated heterocycles. The number of aromatic nitrogens is 1. The molecule has 1 aliphatic heterocycles. The molecule has 0 saturated carbocycles. The third-order valence-electron chi connectivity index (χ3n) is 3.77. The molecule has 148 valence electrons. The summed E-state index contributed by atoms with van der Waals surface area (Å²) in [5, 5.41) is 4.45. The summed E-state index contributed by atoms with van der Waals surface area (Å²) >= 11 is 0. The van der Waals surface area contributed by atoms with Crippen LogP contribution in [0.4, 0.5) is 23.7 Å². The van der Waals surface area contributed by atoms with Crippen molar-refractivity contribution in [3.8, 4) is 11.5 Å². The van der Waals surface area contributed by atoms with Crippen molar-refractivity contribution in [3.05, 3.63) is 52.4 Å². The minimum atomic E-state index is -4.61. The fourth-order valence-corrected chi connectivity index (χ4v) is 2.42. The van der Waals surface area contributed by atoms with E-state index in [0.717, 1.165) is 10.6 Å². The molecule has 3 amide bonds. The highest BCUT2D eigenvalue weighted by Gasteiger charge is 2.31. The van der Waals surface area contributed by atoms with Crippen molar-refractivity contribution in [1.29, 1.82) is 0 Å². The largest absolute Gasteiger partial charge is 0.454 e. The first-order valence-corrected chi connectivity index (χ1v) is 8.00. The summed E-state index contributed by atoms with van der Waals surface area (Å²) in [6.45, 7) is -0.246. The zero-order valence-electron chi connectivity index (χ0n) is 14.2. The molecule has 0 radical (unpaired) electrons. The van der Waals surface area contributed by atoms with Gasteiger partial charge in [-0.3, -0.25) is 14.9 Å². The van der Waals surface area contributed by atoms with Crippen LogP contribution in [0.25, 0.3) is 0 Å². The van der Waals surface area contributed by atoms with E-state index >= 15 is 0 Å². The van der Waals surface area contributed by atoms with Gasteiger partial charge in [0.25, 0.3) is 5.56 Å². The number of halogens is 3. The predicted octanol–water partition coefficient (Wildman–Crippen LogP) is 2.33. The van der Waals surface area contributed by atoms with Gasteiger partial charge in [-0.25, -0.2) is 4.79 Å². The van der Waals surface area contributed by atoms with Crippen LogP contribution in [0.3, 0.4) is 0 Å². The number of imide groups is 1. The topological polar surface area (TPSA) is 98.7 Å². The minimum Gasteiger partial charge on any atom is -0.454 e. The first-order valence-electron chi connectivity index (χ1n) is 8.00. The number of carbonyl (C=O) groups is 2. The standard InChI is InChI=1S/C17H14F3N3O5/c18-17(19,20)10-1-4-15(25)23(8-10)6-5-14(24)22-16(26)21-11-2-3-12-13(7-11)28-9-27-12/h1-4,7-8H,5-6,9H2,(H2,21,22,24,26). The van der Waals surface area contributed by atoms with Gasteiger partial charge < -0.3 is 19.4 Å². The van der Waals surface area contributed by atoms with Crippen molar-refractivity contribution in [2.75, 3.05) is 12.1 Å². The van der Waals surface area contributed by atoms with E-state index in [4.69, 9.17) is 9.47 Å². The van der Waals surface area contributed by atoms with Crippen molar-refractivity contribution >= 4 is 17.6 Å². The lowest BCUT2D eigenvalue weighted by molar-refractivity contribution is -0.138. The number of carbonyl (C=O) groups excluding carboxylic acids is 2. The summed E-state index contributed by atoms with van der Waals surface area (Å²) < 4.78 is 49.1. The van der Waals surface area contributed by atoms with Gasteiger partial charge in [0, 0.05) is 37.0 Å². The average Bonchev–Trinajstić information content (AvgIpc) is 3.07. The molecule has 0 spiro atoms. The van der Waals surface area contributed by atoms with Gasteiger partial charge >= 0.3 is 12.2 Å². The Bertz CT molecular complexity index is 971. The first-order chi connectivity index (χ1) is 13.2. The Kier molecular flexibility index (Phi) is 5.25. The quantitative estimate of drug-likeness (QED) is 0.825. The molecule has 0 bridgehead atoms. The van der Waals surface area contributed by atoms with Crippen molar-refractivity contribution in [2.45, 2.75) is 19.1 Å². The number of nitrogens with one attached hydrogen (secondary N) is 2. The van der Waals surface area contributed by atoms with Gasteiger partial charge in [-0.2, -0.15) is 13.2 Å². The molecule has 2 heterocycles. The van der Waals surface area contributed by atoms with E-state index in [9.17, 15) is 27.6 Å². The van der Waals surface area contributed by atoms with Gasteiger partial charge in [-0.1, -0.05) is 0 Å². The lowest BCUT2D eigenvalue weighted by atomic mass is 10.2. The number of anilines is 1. The van der Waals surface area contributed by atoms with Crippen LogP contribution in [0.15, 0.2) is 41.3 Å². The minimum absolute atomic E-state index is 0.0678. The Morgan fingerprint density at radius 1 is 1.11 bits per heavy atom. The third-order valence-corrected chi connectivity index (χ3v) is 3.77. The van der Waals surface area contributed by atoms with Gasteiger partial charge in [-0.05, 0) is 18.2 Å². The van der Waals surface area contributed by atoms with Crippen molar-refractivity contribution in [2.24, 2.45) is 0 Å². The Hall–Kier alpha value is -3.50. The fraction of sp³-hybridized carbons (Fsp3) is 0.235. The molecular formula is C17H14F3N3O5. The molecule has 0 fully saturated rings. The number of amides is 3. The second-order valence-electron chi connectivity index (χ2n) is 5.77.